The number of rotatable bonds is 4. The first-order valence-corrected chi connectivity index (χ1v) is 7.16. The number of carbonyl (C=O) groups excluding carboxylic acids is 1. The van der Waals surface area contributed by atoms with Gasteiger partial charge in [0.25, 0.3) is 0 Å². The summed E-state index contributed by atoms with van der Waals surface area (Å²) >= 11 is 0. The van der Waals surface area contributed by atoms with Crippen LogP contribution in [0.3, 0.4) is 0 Å². The maximum atomic E-state index is 11.3. The van der Waals surface area contributed by atoms with Gasteiger partial charge in [0.2, 0.25) is 5.91 Å². The van der Waals surface area contributed by atoms with Gasteiger partial charge < -0.3 is 5.32 Å². The number of hydrogen-bond acceptors (Lipinski definition) is 1. The number of amides is 1. The first kappa shape index (κ1) is 17.4. The standard InChI is InChI=1S/C15H21NO.C2H6/c1-3-5-6-9-13(8-4-2)14-10-7-11-15(17)16-12-14;1-2/h3-6,8-9,14H,1,7,10-12H2,2H3,(H,16,17);1-2H3/b6-5-,8-4-,13-9+;. The normalized spacial score (nSPS) is 20.7. The fourth-order valence-corrected chi connectivity index (χ4v) is 1.99. The molecule has 0 saturated carbocycles. The molecular weight excluding hydrogens is 234 g/mol. The number of allylic oxidation sites excluding steroid dienone is 6. The summed E-state index contributed by atoms with van der Waals surface area (Å²) in [6.45, 7) is 10.4. The van der Waals surface area contributed by atoms with E-state index in [1.807, 2.05) is 39.0 Å². The smallest absolute Gasteiger partial charge is 0.220 e. The summed E-state index contributed by atoms with van der Waals surface area (Å²) in [5, 5.41) is 2.97. The molecule has 0 aliphatic carbocycles. The van der Waals surface area contributed by atoms with Gasteiger partial charge in [-0.05, 0) is 25.3 Å². The minimum Gasteiger partial charge on any atom is -0.355 e. The number of carbonyl (C=O) groups is 1. The maximum Gasteiger partial charge on any atom is 0.220 e. The Balaban J connectivity index is 0.00000154. The Hall–Kier alpha value is -1.57. The van der Waals surface area contributed by atoms with Gasteiger partial charge in [-0.1, -0.05) is 56.9 Å². The molecule has 0 aromatic rings. The van der Waals surface area contributed by atoms with Crippen molar-refractivity contribution in [3.05, 3.63) is 48.6 Å². The molecule has 19 heavy (non-hydrogen) atoms. The second-order valence-corrected chi connectivity index (χ2v) is 4.18. The van der Waals surface area contributed by atoms with Gasteiger partial charge in [0.1, 0.15) is 0 Å². The van der Waals surface area contributed by atoms with Gasteiger partial charge in [-0.3, -0.25) is 4.79 Å². The molecular formula is C17H27NO. The summed E-state index contributed by atoms with van der Waals surface area (Å²) in [7, 11) is 0. The molecule has 1 fully saturated rings. The summed E-state index contributed by atoms with van der Waals surface area (Å²) in [5.41, 5.74) is 1.27. The molecule has 0 radical (unpaired) electrons. The second kappa shape index (κ2) is 11.5. The lowest BCUT2D eigenvalue weighted by molar-refractivity contribution is -0.120. The van der Waals surface area contributed by atoms with Gasteiger partial charge in [-0.2, -0.15) is 0 Å². The van der Waals surface area contributed by atoms with Crippen LogP contribution in [0.25, 0.3) is 0 Å². The van der Waals surface area contributed by atoms with E-state index in [-0.39, 0.29) is 5.91 Å². The molecule has 0 aromatic carbocycles. The molecule has 1 rings (SSSR count). The first-order chi connectivity index (χ1) is 9.27. The van der Waals surface area contributed by atoms with Gasteiger partial charge in [-0.15, -0.1) is 0 Å². The molecule has 106 valence electrons. The molecule has 2 heteroatoms. The summed E-state index contributed by atoms with van der Waals surface area (Å²) in [6, 6.07) is 0. The largest absolute Gasteiger partial charge is 0.355 e. The third kappa shape index (κ3) is 7.45. The minimum absolute atomic E-state index is 0.175. The Kier molecular flexibility index (Phi) is 10.6. The van der Waals surface area contributed by atoms with E-state index in [9.17, 15) is 4.79 Å². The predicted octanol–water partition coefficient (Wildman–Crippen LogP) is 4.17. The van der Waals surface area contributed by atoms with E-state index in [4.69, 9.17) is 0 Å². The molecule has 1 amide bonds. The third-order valence-electron chi connectivity index (χ3n) is 2.87. The Morgan fingerprint density at radius 3 is 2.74 bits per heavy atom. The van der Waals surface area contributed by atoms with Crippen molar-refractivity contribution < 1.29 is 4.79 Å². The van der Waals surface area contributed by atoms with Crippen LogP contribution in [0.2, 0.25) is 0 Å². The van der Waals surface area contributed by atoms with Crippen LogP contribution in [0.5, 0.6) is 0 Å². The number of nitrogens with one attached hydrogen (secondary N) is 1. The van der Waals surface area contributed by atoms with E-state index in [2.05, 4.69) is 24.0 Å². The van der Waals surface area contributed by atoms with Gasteiger partial charge in [0.15, 0.2) is 0 Å². The molecule has 1 atom stereocenters. The van der Waals surface area contributed by atoms with E-state index in [1.54, 1.807) is 6.08 Å². The highest BCUT2D eigenvalue weighted by molar-refractivity contribution is 5.76. The summed E-state index contributed by atoms with van der Waals surface area (Å²) in [5.74, 6) is 0.598. The third-order valence-corrected chi connectivity index (χ3v) is 2.87. The van der Waals surface area contributed by atoms with Crippen LogP contribution < -0.4 is 5.32 Å². The molecule has 1 aliphatic rings. The minimum atomic E-state index is 0.175. The monoisotopic (exact) mass is 261 g/mol. The number of hydrogen-bond donors (Lipinski definition) is 1. The van der Waals surface area contributed by atoms with Crippen LogP contribution in [0.15, 0.2) is 48.6 Å². The first-order valence-electron chi connectivity index (χ1n) is 7.16. The van der Waals surface area contributed by atoms with Gasteiger partial charge in [0, 0.05) is 18.9 Å². The fraction of sp³-hybridized carbons (Fsp3) is 0.471. The van der Waals surface area contributed by atoms with E-state index in [0.717, 1.165) is 19.4 Å². The van der Waals surface area contributed by atoms with Gasteiger partial charge in [0.05, 0.1) is 0 Å². The summed E-state index contributed by atoms with van der Waals surface area (Å²) in [4.78, 5) is 11.3. The Labute approximate surface area is 118 Å². The molecule has 1 unspecified atom stereocenters. The van der Waals surface area contributed by atoms with Crippen molar-refractivity contribution in [2.45, 2.75) is 40.0 Å². The van der Waals surface area contributed by atoms with Gasteiger partial charge >= 0.3 is 0 Å². The molecule has 1 aliphatic heterocycles. The molecule has 0 aromatic heterocycles. The summed E-state index contributed by atoms with van der Waals surface area (Å²) in [6.07, 6.45) is 14.6. The molecule has 0 bridgehead atoms. The van der Waals surface area contributed by atoms with Crippen molar-refractivity contribution in [3.8, 4) is 0 Å². The Morgan fingerprint density at radius 1 is 1.37 bits per heavy atom. The van der Waals surface area contributed by atoms with Crippen LogP contribution >= 0.6 is 0 Å². The Bertz CT molecular complexity index is 350. The Morgan fingerprint density at radius 2 is 2.11 bits per heavy atom. The highest BCUT2D eigenvalue weighted by Crippen LogP contribution is 2.21. The zero-order valence-electron chi connectivity index (χ0n) is 12.5. The van der Waals surface area contributed by atoms with E-state index >= 15 is 0 Å². The van der Waals surface area contributed by atoms with Crippen LogP contribution in [-0.2, 0) is 4.79 Å². The lowest BCUT2D eigenvalue weighted by atomic mass is 9.93. The lowest BCUT2D eigenvalue weighted by Crippen LogP contribution is -2.26. The highest BCUT2D eigenvalue weighted by Gasteiger charge is 2.17. The van der Waals surface area contributed by atoms with E-state index < -0.39 is 0 Å². The molecule has 0 spiro atoms. The zero-order valence-corrected chi connectivity index (χ0v) is 12.5. The molecule has 1 saturated heterocycles. The lowest BCUT2D eigenvalue weighted by Gasteiger charge is -2.15. The van der Waals surface area contributed by atoms with Crippen molar-refractivity contribution in [2.75, 3.05) is 6.54 Å². The van der Waals surface area contributed by atoms with Crippen LogP contribution in [0.1, 0.15) is 40.0 Å². The quantitative estimate of drug-likeness (QED) is 0.756. The highest BCUT2D eigenvalue weighted by atomic mass is 16.1. The topological polar surface area (TPSA) is 29.1 Å². The molecule has 1 heterocycles. The average Bonchev–Trinajstić information content (AvgIpc) is 2.65. The van der Waals surface area contributed by atoms with Crippen molar-refractivity contribution in [1.82, 2.24) is 5.32 Å². The molecule has 1 N–H and O–H groups in total. The SMILES string of the molecule is C=C\C=C/C=C(\C=C/C)C1CCCC(=O)NC1.CC. The van der Waals surface area contributed by atoms with E-state index in [1.165, 1.54) is 5.57 Å². The van der Waals surface area contributed by atoms with Crippen LogP contribution in [-0.4, -0.2) is 12.5 Å². The summed E-state index contributed by atoms with van der Waals surface area (Å²) < 4.78 is 0. The van der Waals surface area contributed by atoms with Crippen molar-refractivity contribution >= 4 is 5.91 Å². The van der Waals surface area contributed by atoms with Crippen LogP contribution in [0.4, 0.5) is 0 Å². The fourth-order valence-electron chi connectivity index (χ4n) is 1.99. The maximum absolute atomic E-state index is 11.3. The van der Waals surface area contributed by atoms with Crippen molar-refractivity contribution in [3.63, 3.8) is 0 Å². The van der Waals surface area contributed by atoms with Crippen molar-refractivity contribution in [1.29, 1.82) is 0 Å². The average molecular weight is 261 g/mol. The zero-order chi connectivity index (χ0) is 14.5. The second-order valence-electron chi connectivity index (χ2n) is 4.18. The van der Waals surface area contributed by atoms with Crippen molar-refractivity contribution in [2.24, 2.45) is 5.92 Å². The predicted molar refractivity (Wildman–Crippen MR) is 83.9 cm³/mol. The van der Waals surface area contributed by atoms with Crippen LogP contribution in [0, 0.1) is 5.92 Å². The molecule has 2 nitrogen and oxygen atoms in total. The van der Waals surface area contributed by atoms with E-state index in [0.29, 0.717) is 12.3 Å². The van der Waals surface area contributed by atoms with Gasteiger partial charge in [-0.25, -0.2) is 0 Å².